The first-order valence-electron chi connectivity index (χ1n) is 34.7. The average molecular weight is 1140 g/mol. The van der Waals surface area contributed by atoms with E-state index in [1.165, 1.54) is 238 Å². The molecule has 0 bridgehead atoms. The highest BCUT2D eigenvalue weighted by molar-refractivity contribution is 5.76. The van der Waals surface area contributed by atoms with Crippen LogP contribution >= 0.6 is 0 Å². The summed E-state index contributed by atoms with van der Waals surface area (Å²) in [6.45, 7) is 3.68. The van der Waals surface area contributed by atoms with Crippen LogP contribution in [0.15, 0.2) is 72.9 Å². The summed E-state index contributed by atoms with van der Waals surface area (Å²) in [5.41, 5.74) is 0. The smallest absolute Gasteiger partial charge is 0.220 e. The van der Waals surface area contributed by atoms with Gasteiger partial charge in [-0.15, -0.1) is 0 Å². The van der Waals surface area contributed by atoms with Crippen molar-refractivity contribution in [3.05, 3.63) is 72.9 Å². The van der Waals surface area contributed by atoms with Crippen molar-refractivity contribution in [3.8, 4) is 0 Å². The highest BCUT2D eigenvalue weighted by atomic mass is 16.7. The van der Waals surface area contributed by atoms with Crippen molar-refractivity contribution in [3.63, 3.8) is 0 Å². The van der Waals surface area contributed by atoms with E-state index in [1.54, 1.807) is 6.08 Å². The Bertz CT molecular complexity index is 1510. The van der Waals surface area contributed by atoms with Crippen LogP contribution in [0.3, 0.4) is 0 Å². The predicted molar refractivity (Wildman–Crippen MR) is 345 cm³/mol. The standard InChI is InChI=1S/C72H131NO8/c1-3-5-7-9-11-13-15-17-19-21-23-24-25-26-27-28-29-30-31-32-33-34-35-36-37-38-39-40-41-42-44-46-48-50-52-54-56-58-60-62-68(76)73-65(64-80-72-71(79)70(78)69(77)67(63-74)81-72)66(75)61-59-57-55-53-51-49-47-45-43-22-20-18-16-14-12-10-8-6-4-2/h5,7,11,13,17,19,23-24,51,53,59,61,65-67,69-72,74-75,77-79H,3-4,6,8-10,12,14-16,18,20-22,25-50,52,54-58,60,62-64H2,1-2H3,(H,73,76)/b7-5-,13-11-,19-17-,24-23-,53-51+,61-59+. The van der Waals surface area contributed by atoms with Gasteiger partial charge >= 0.3 is 0 Å². The van der Waals surface area contributed by atoms with Crippen molar-refractivity contribution < 1.29 is 39.8 Å². The Morgan fingerprint density at radius 2 is 0.778 bits per heavy atom. The van der Waals surface area contributed by atoms with Gasteiger partial charge in [0.2, 0.25) is 5.91 Å². The molecule has 1 aliphatic heterocycles. The van der Waals surface area contributed by atoms with E-state index in [1.807, 2.05) is 6.08 Å². The topological polar surface area (TPSA) is 149 Å². The molecule has 1 saturated heterocycles. The molecule has 0 radical (unpaired) electrons. The summed E-state index contributed by atoms with van der Waals surface area (Å²) < 4.78 is 11.3. The molecular weight excluding hydrogens is 1010 g/mol. The maximum absolute atomic E-state index is 13.1. The Morgan fingerprint density at radius 3 is 1.19 bits per heavy atom. The lowest BCUT2D eigenvalue weighted by Crippen LogP contribution is -2.60. The van der Waals surface area contributed by atoms with E-state index in [-0.39, 0.29) is 12.5 Å². The van der Waals surface area contributed by atoms with Gasteiger partial charge in [0.25, 0.3) is 0 Å². The lowest BCUT2D eigenvalue weighted by molar-refractivity contribution is -0.302. The van der Waals surface area contributed by atoms with Crippen molar-refractivity contribution >= 4 is 5.91 Å². The lowest BCUT2D eigenvalue weighted by Gasteiger charge is -2.40. The van der Waals surface area contributed by atoms with Crippen molar-refractivity contribution in [2.75, 3.05) is 13.2 Å². The van der Waals surface area contributed by atoms with Crippen molar-refractivity contribution in [2.45, 2.75) is 365 Å². The number of hydrogen-bond acceptors (Lipinski definition) is 8. The van der Waals surface area contributed by atoms with Crippen LogP contribution in [0.25, 0.3) is 0 Å². The number of aliphatic hydroxyl groups is 5. The zero-order valence-corrected chi connectivity index (χ0v) is 52.8. The van der Waals surface area contributed by atoms with E-state index in [9.17, 15) is 30.3 Å². The molecule has 6 N–H and O–H groups in total. The second-order valence-corrected chi connectivity index (χ2v) is 23.9. The molecule has 7 atom stereocenters. The number of nitrogens with one attached hydrogen (secondary N) is 1. The fraction of sp³-hybridized carbons (Fsp3) is 0.819. The summed E-state index contributed by atoms with van der Waals surface area (Å²) in [6.07, 6.45) is 78.8. The van der Waals surface area contributed by atoms with Gasteiger partial charge < -0.3 is 40.3 Å². The first kappa shape index (κ1) is 76.6. The van der Waals surface area contributed by atoms with Crippen LogP contribution in [-0.4, -0.2) is 87.5 Å². The third kappa shape index (κ3) is 49.6. The third-order valence-corrected chi connectivity index (χ3v) is 16.3. The Kier molecular flexibility index (Phi) is 57.5. The largest absolute Gasteiger partial charge is 0.394 e. The summed E-state index contributed by atoms with van der Waals surface area (Å²) in [6, 6.07) is -0.823. The van der Waals surface area contributed by atoms with Crippen LogP contribution in [-0.2, 0) is 14.3 Å². The van der Waals surface area contributed by atoms with E-state index in [2.05, 4.69) is 79.9 Å². The van der Waals surface area contributed by atoms with Gasteiger partial charge in [0.05, 0.1) is 25.4 Å². The highest BCUT2D eigenvalue weighted by Gasteiger charge is 2.44. The number of allylic oxidation sites excluding steroid dienone is 11. The van der Waals surface area contributed by atoms with Gasteiger partial charge in [-0.2, -0.15) is 0 Å². The van der Waals surface area contributed by atoms with Crippen LogP contribution in [0.2, 0.25) is 0 Å². The molecule has 1 rings (SSSR count). The molecule has 1 fully saturated rings. The lowest BCUT2D eigenvalue weighted by atomic mass is 9.99. The number of carbonyl (C=O) groups excluding carboxylic acids is 1. The number of amides is 1. The zero-order valence-electron chi connectivity index (χ0n) is 52.8. The SMILES string of the molecule is CC/C=C\C/C=C\C/C=C\C/C=C\CCCCCCCCCCCCCCCCCCCCCCCCCCCCC(=O)NC(COC1OC(CO)C(O)C(O)C1O)C(O)/C=C/CC/C=C/CCCCCCCCCCCCCCC. The number of hydrogen-bond donors (Lipinski definition) is 6. The Balaban J connectivity index is 2.07. The van der Waals surface area contributed by atoms with Crippen LogP contribution < -0.4 is 5.32 Å². The quantitative estimate of drug-likeness (QED) is 0.0261. The molecule has 472 valence electrons. The van der Waals surface area contributed by atoms with E-state index in [4.69, 9.17) is 9.47 Å². The molecule has 7 unspecified atom stereocenters. The second-order valence-electron chi connectivity index (χ2n) is 23.9. The molecule has 0 spiro atoms. The summed E-state index contributed by atoms with van der Waals surface area (Å²) >= 11 is 0. The molecule has 0 aromatic rings. The van der Waals surface area contributed by atoms with Gasteiger partial charge in [0, 0.05) is 6.42 Å². The predicted octanol–water partition coefficient (Wildman–Crippen LogP) is 18.8. The normalized spacial score (nSPS) is 18.8. The minimum absolute atomic E-state index is 0.182. The molecule has 0 aliphatic carbocycles. The molecule has 9 nitrogen and oxygen atoms in total. The second kappa shape index (κ2) is 60.7. The Morgan fingerprint density at radius 1 is 0.432 bits per heavy atom. The molecule has 9 heteroatoms. The van der Waals surface area contributed by atoms with E-state index < -0.39 is 49.5 Å². The van der Waals surface area contributed by atoms with E-state index >= 15 is 0 Å². The molecular formula is C72H131NO8. The average Bonchev–Trinajstić information content (AvgIpc) is 3.48. The summed E-state index contributed by atoms with van der Waals surface area (Å²) in [5.74, 6) is -0.182. The fourth-order valence-corrected chi connectivity index (χ4v) is 10.9. The van der Waals surface area contributed by atoms with Gasteiger partial charge in [0.1, 0.15) is 24.4 Å². The minimum Gasteiger partial charge on any atom is -0.394 e. The molecule has 0 saturated carbocycles. The monoisotopic (exact) mass is 1140 g/mol. The summed E-state index contributed by atoms with van der Waals surface area (Å²) in [4.78, 5) is 13.1. The van der Waals surface area contributed by atoms with Crippen LogP contribution in [0.4, 0.5) is 0 Å². The summed E-state index contributed by atoms with van der Waals surface area (Å²) in [7, 11) is 0. The maximum Gasteiger partial charge on any atom is 0.220 e. The number of carbonyl (C=O) groups is 1. The van der Waals surface area contributed by atoms with E-state index in [0.29, 0.717) is 6.42 Å². The number of ether oxygens (including phenoxy) is 2. The van der Waals surface area contributed by atoms with Gasteiger partial charge in [-0.25, -0.2) is 0 Å². The first-order valence-corrected chi connectivity index (χ1v) is 34.7. The van der Waals surface area contributed by atoms with Gasteiger partial charge in [-0.05, 0) is 70.6 Å². The van der Waals surface area contributed by atoms with Gasteiger partial charge in [-0.3, -0.25) is 4.79 Å². The van der Waals surface area contributed by atoms with Crippen LogP contribution in [0.1, 0.15) is 322 Å². The third-order valence-electron chi connectivity index (χ3n) is 16.3. The van der Waals surface area contributed by atoms with Crippen molar-refractivity contribution in [1.82, 2.24) is 5.32 Å². The Labute approximate surface area is 499 Å². The number of unbranched alkanes of at least 4 members (excludes halogenated alkanes) is 40. The van der Waals surface area contributed by atoms with Crippen molar-refractivity contribution in [2.24, 2.45) is 0 Å². The maximum atomic E-state index is 13.1. The number of aliphatic hydroxyl groups excluding tert-OH is 5. The van der Waals surface area contributed by atoms with Gasteiger partial charge in [0.15, 0.2) is 6.29 Å². The van der Waals surface area contributed by atoms with E-state index in [0.717, 1.165) is 64.2 Å². The first-order chi connectivity index (χ1) is 39.8. The molecule has 81 heavy (non-hydrogen) atoms. The molecule has 0 aromatic heterocycles. The van der Waals surface area contributed by atoms with Crippen molar-refractivity contribution in [1.29, 1.82) is 0 Å². The van der Waals surface area contributed by atoms with Crippen LogP contribution in [0.5, 0.6) is 0 Å². The zero-order chi connectivity index (χ0) is 58.6. The molecule has 1 amide bonds. The van der Waals surface area contributed by atoms with Crippen LogP contribution in [0, 0.1) is 0 Å². The summed E-state index contributed by atoms with van der Waals surface area (Å²) in [5, 5.41) is 54.6. The molecule has 1 heterocycles. The Hall–Kier alpha value is -2.37. The highest BCUT2D eigenvalue weighted by Crippen LogP contribution is 2.23. The van der Waals surface area contributed by atoms with Gasteiger partial charge in [-0.1, -0.05) is 318 Å². The molecule has 0 aromatic carbocycles. The minimum atomic E-state index is -1.57. The fourth-order valence-electron chi connectivity index (χ4n) is 10.9. The number of rotatable bonds is 60. The molecule has 1 aliphatic rings.